The van der Waals surface area contributed by atoms with E-state index in [-0.39, 0.29) is 13.0 Å². The monoisotopic (exact) mass is 352 g/mol. The van der Waals surface area contributed by atoms with Crippen molar-refractivity contribution in [2.75, 3.05) is 18.1 Å². The summed E-state index contributed by atoms with van der Waals surface area (Å²) >= 11 is 0. The Morgan fingerprint density at radius 2 is 1.92 bits per heavy atom. The number of carbonyl (C=O) groups is 2. The number of nitriles is 1. The van der Waals surface area contributed by atoms with Crippen LogP contribution >= 0.6 is 0 Å². The number of nitrogens with zero attached hydrogens (tertiary/aromatic N) is 2. The maximum absolute atomic E-state index is 12.0. The van der Waals surface area contributed by atoms with Crippen LogP contribution in [0.2, 0.25) is 0 Å². The van der Waals surface area contributed by atoms with Gasteiger partial charge in [0.15, 0.2) is 6.10 Å². The molecule has 0 radical (unpaired) electrons. The first-order chi connectivity index (χ1) is 12.5. The zero-order chi connectivity index (χ0) is 18.5. The number of aliphatic carboxylic acids is 1. The fraction of sp³-hybridized carbons (Fsp3) is 0.211. The molecular formula is C19H16N2O5. The predicted molar refractivity (Wildman–Crippen MR) is 92.0 cm³/mol. The van der Waals surface area contributed by atoms with Gasteiger partial charge in [0, 0.05) is 5.69 Å². The highest BCUT2D eigenvalue weighted by molar-refractivity contribution is 5.89. The van der Waals surface area contributed by atoms with Crippen LogP contribution in [0.15, 0.2) is 48.5 Å². The maximum atomic E-state index is 12.0. The van der Waals surface area contributed by atoms with Gasteiger partial charge in [0.05, 0.1) is 24.6 Å². The molecule has 7 heteroatoms. The molecule has 1 N–H and O–H groups in total. The summed E-state index contributed by atoms with van der Waals surface area (Å²) in [5.41, 5.74) is 1.87. The van der Waals surface area contributed by atoms with Crippen molar-refractivity contribution in [1.29, 1.82) is 5.26 Å². The predicted octanol–water partition coefficient (Wildman–Crippen LogP) is 2.59. The van der Waals surface area contributed by atoms with Gasteiger partial charge in [0.2, 0.25) is 0 Å². The molecule has 0 aromatic heterocycles. The number of rotatable bonds is 6. The fourth-order valence-electron chi connectivity index (χ4n) is 2.60. The van der Waals surface area contributed by atoms with E-state index in [9.17, 15) is 9.59 Å². The van der Waals surface area contributed by atoms with Gasteiger partial charge in [-0.3, -0.25) is 9.69 Å². The minimum Gasteiger partial charge on any atom is -0.490 e. The molecule has 2 aromatic rings. The van der Waals surface area contributed by atoms with Crippen molar-refractivity contribution in [3.05, 3.63) is 59.7 Å². The van der Waals surface area contributed by atoms with Crippen molar-refractivity contribution in [1.82, 2.24) is 0 Å². The second kappa shape index (κ2) is 7.57. The van der Waals surface area contributed by atoms with Crippen LogP contribution in [0.4, 0.5) is 10.5 Å². The molecule has 1 amide bonds. The van der Waals surface area contributed by atoms with Gasteiger partial charge in [-0.15, -0.1) is 0 Å². The van der Waals surface area contributed by atoms with Crippen LogP contribution in [0.3, 0.4) is 0 Å². The lowest BCUT2D eigenvalue weighted by atomic mass is 10.1. The Kier molecular flexibility index (Phi) is 5.04. The molecule has 2 aromatic carbocycles. The van der Waals surface area contributed by atoms with Gasteiger partial charge in [-0.25, -0.2) is 4.79 Å². The van der Waals surface area contributed by atoms with E-state index >= 15 is 0 Å². The van der Waals surface area contributed by atoms with E-state index in [4.69, 9.17) is 19.8 Å². The van der Waals surface area contributed by atoms with E-state index in [1.54, 1.807) is 48.5 Å². The lowest BCUT2D eigenvalue weighted by Gasteiger charge is -2.13. The second-order valence-corrected chi connectivity index (χ2v) is 5.80. The number of benzene rings is 2. The first-order valence-corrected chi connectivity index (χ1v) is 7.97. The Labute approximate surface area is 150 Å². The number of carboxylic acid groups (broad SMARTS) is 1. The molecule has 1 aliphatic heterocycles. The maximum Gasteiger partial charge on any atom is 0.414 e. The smallest absolute Gasteiger partial charge is 0.414 e. The average molecular weight is 352 g/mol. The summed E-state index contributed by atoms with van der Waals surface area (Å²) in [5.74, 6) is -0.313. The topological polar surface area (TPSA) is 99.9 Å². The Bertz CT molecular complexity index is 840. The Hall–Kier alpha value is -3.53. The van der Waals surface area contributed by atoms with Crippen molar-refractivity contribution in [2.24, 2.45) is 0 Å². The van der Waals surface area contributed by atoms with Gasteiger partial charge >= 0.3 is 12.1 Å². The number of hydrogen-bond donors (Lipinski definition) is 1. The number of cyclic esters (lactones) is 1. The molecule has 1 heterocycles. The van der Waals surface area contributed by atoms with Gasteiger partial charge < -0.3 is 14.6 Å². The van der Waals surface area contributed by atoms with Crippen molar-refractivity contribution < 1.29 is 24.2 Å². The van der Waals surface area contributed by atoms with Crippen LogP contribution in [-0.4, -0.2) is 36.4 Å². The summed E-state index contributed by atoms with van der Waals surface area (Å²) in [4.78, 5) is 24.2. The minimum atomic E-state index is -0.889. The first kappa shape index (κ1) is 17.3. The second-order valence-electron chi connectivity index (χ2n) is 5.80. The van der Waals surface area contributed by atoms with E-state index in [1.807, 2.05) is 6.07 Å². The summed E-state index contributed by atoms with van der Waals surface area (Å²) in [6, 6.07) is 15.5. The van der Waals surface area contributed by atoms with E-state index in [1.165, 1.54) is 4.90 Å². The van der Waals surface area contributed by atoms with E-state index in [0.29, 0.717) is 29.1 Å². The van der Waals surface area contributed by atoms with Crippen LogP contribution in [-0.2, 0) is 16.0 Å². The van der Waals surface area contributed by atoms with Crippen molar-refractivity contribution in [3.8, 4) is 11.8 Å². The van der Waals surface area contributed by atoms with Crippen LogP contribution in [0.5, 0.6) is 5.75 Å². The zero-order valence-electron chi connectivity index (χ0n) is 13.8. The lowest BCUT2D eigenvalue weighted by Crippen LogP contribution is -2.26. The highest BCUT2D eigenvalue weighted by atomic mass is 16.6. The third-order valence-corrected chi connectivity index (χ3v) is 3.90. The van der Waals surface area contributed by atoms with Crippen molar-refractivity contribution in [2.45, 2.75) is 12.5 Å². The molecule has 0 spiro atoms. The van der Waals surface area contributed by atoms with Gasteiger partial charge in [0.1, 0.15) is 12.4 Å². The summed E-state index contributed by atoms with van der Waals surface area (Å²) in [6.07, 6.45) is -0.919. The summed E-state index contributed by atoms with van der Waals surface area (Å²) < 4.78 is 10.9. The number of carbonyl (C=O) groups excluding carboxylic acids is 1. The van der Waals surface area contributed by atoms with E-state index in [0.717, 1.165) is 0 Å². The van der Waals surface area contributed by atoms with Gasteiger partial charge in [0.25, 0.3) is 0 Å². The lowest BCUT2D eigenvalue weighted by molar-refractivity contribution is -0.136. The molecule has 0 bridgehead atoms. The molecule has 0 aliphatic carbocycles. The Balaban J connectivity index is 1.55. The molecule has 1 aliphatic rings. The highest BCUT2D eigenvalue weighted by Crippen LogP contribution is 2.23. The third kappa shape index (κ3) is 4.11. The number of hydrogen-bond acceptors (Lipinski definition) is 5. The quantitative estimate of drug-likeness (QED) is 0.858. The molecule has 3 rings (SSSR count). The van der Waals surface area contributed by atoms with Crippen molar-refractivity contribution >= 4 is 17.7 Å². The van der Waals surface area contributed by atoms with Gasteiger partial charge in [-0.05, 0) is 42.0 Å². The Morgan fingerprint density at radius 3 is 2.54 bits per heavy atom. The summed E-state index contributed by atoms with van der Waals surface area (Å²) in [5, 5.41) is 17.6. The normalized spacial score (nSPS) is 16.0. The summed E-state index contributed by atoms with van der Waals surface area (Å²) in [7, 11) is 0. The molecule has 1 fully saturated rings. The molecular weight excluding hydrogens is 336 g/mol. The number of anilines is 1. The van der Waals surface area contributed by atoms with E-state index < -0.39 is 18.2 Å². The highest BCUT2D eigenvalue weighted by Gasteiger charge is 2.32. The molecule has 132 valence electrons. The number of ether oxygens (including phenoxy) is 2. The number of amides is 1. The fourth-order valence-corrected chi connectivity index (χ4v) is 2.60. The summed E-state index contributed by atoms with van der Waals surface area (Å²) in [6.45, 7) is 0.540. The van der Waals surface area contributed by atoms with Gasteiger partial charge in [-0.2, -0.15) is 5.26 Å². The van der Waals surface area contributed by atoms with Crippen LogP contribution in [0, 0.1) is 11.3 Å². The molecule has 1 unspecified atom stereocenters. The SMILES string of the molecule is N#Cc1ccc(N2CC(COc3ccc(CC(=O)O)cc3)OC2=O)cc1. The van der Waals surface area contributed by atoms with Gasteiger partial charge in [-0.1, -0.05) is 12.1 Å². The average Bonchev–Trinajstić information content (AvgIpc) is 3.01. The minimum absolute atomic E-state index is 0.0416. The van der Waals surface area contributed by atoms with Crippen molar-refractivity contribution in [3.63, 3.8) is 0 Å². The largest absolute Gasteiger partial charge is 0.490 e. The molecule has 0 saturated carbocycles. The molecule has 7 nitrogen and oxygen atoms in total. The van der Waals surface area contributed by atoms with Crippen LogP contribution in [0.25, 0.3) is 0 Å². The standard InChI is InChI=1S/C19H16N2O5/c20-10-14-1-5-15(6-2-14)21-11-17(26-19(21)24)12-25-16-7-3-13(4-8-16)9-18(22)23/h1-8,17H,9,11-12H2,(H,22,23). The van der Waals surface area contributed by atoms with E-state index in [2.05, 4.69) is 0 Å². The molecule has 1 atom stereocenters. The van der Waals surface area contributed by atoms with Crippen LogP contribution < -0.4 is 9.64 Å². The number of carboxylic acids is 1. The zero-order valence-corrected chi connectivity index (χ0v) is 13.8. The molecule has 26 heavy (non-hydrogen) atoms. The van der Waals surface area contributed by atoms with Crippen LogP contribution in [0.1, 0.15) is 11.1 Å². The molecule has 1 saturated heterocycles. The Morgan fingerprint density at radius 1 is 1.23 bits per heavy atom. The first-order valence-electron chi connectivity index (χ1n) is 7.97. The third-order valence-electron chi connectivity index (χ3n) is 3.90.